The van der Waals surface area contributed by atoms with Gasteiger partial charge < -0.3 is 9.47 Å². The first kappa shape index (κ1) is 16.8. The SMILES string of the molecule is O=C(Nc1nc(-c2ccc3c(c2)OCCO3)cs1)c1sccc1-n1cnnn1. The molecule has 3 aromatic heterocycles. The van der Waals surface area contributed by atoms with E-state index in [1.165, 1.54) is 33.7 Å². The summed E-state index contributed by atoms with van der Waals surface area (Å²) < 4.78 is 12.6. The molecule has 0 saturated heterocycles. The van der Waals surface area contributed by atoms with Gasteiger partial charge in [0.2, 0.25) is 0 Å². The van der Waals surface area contributed by atoms with E-state index < -0.39 is 0 Å². The maximum atomic E-state index is 12.7. The van der Waals surface area contributed by atoms with Crippen LogP contribution in [-0.2, 0) is 0 Å². The lowest BCUT2D eigenvalue weighted by Crippen LogP contribution is -2.15. The van der Waals surface area contributed by atoms with Crippen LogP contribution in [0, 0.1) is 0 Å². The zero-order chi connectivity index (χ0) is 18.9. The normalized spacial score (nSPS) is 12.7. The minimum atomic E-state index is -0.261. The van der Waals surface area contributed by atoms with E-state index in [9.17, 15) is 4.79 Å². The zero-order valence-electron chi connectivity index (χ0n) is 14.2. The Hall–Kier alpha value is -3.31. The van der Waals surface area contributed by atoms with Gasteiger partial charge in [-0.1, -0.05) is 0 Å². The molecule has 0 radical (unpaired) electrons. The highest BCUT2D eigenvalue weighted by Crippen LogP contribution is 2.35. The largest absolute Gasteiger partial charge is 0.486 e. The third kappa shape index (κ3) is 3.10. The van der Waals surface area contributed by atoms with Crippen LogP contribution >= 0.6 is 22.7 Å². The number of tetrazole rings is 1. The lowest BCUT2D eigenvalue weighted by molar-refractivity contribution is 0.103. The van der Waals surface area contributed by atoms with Gasteiger partial charge >= 0.3 is 0 Å². The number of nitrogens with one attached hydrogen (secondary N) is 1. The Kier molecular flexibility index (Phi) is 4.22. The van der Waals surface area contributed by atoms with Crippen LogP contribution in [0.3, 0.4) is 0 Å². The van der Waals surface area contributed by atoms with Gasteiger partial charge in [0.25, 0.3) is 5.91 Å². The molecule has 140 valence electrons. The van der Waals surface area contributed by atoms with Crippen molar-refractivity contribution in [3.63, 3.8) is 0 Å². The standard InChI is InChI=1S/C17H12N6O3S2/c24-16(15-12(3-6-27-15)23-9-18-21-22-23)20-17-19-11(8-28-17)10-1-2-13-14(7-10)26-5-4-25-13/h1-3,6-9H,4-5H2,(H,19,20,24). The Morgan fingerprint density at radius 2 is 2.04 bits per heavy atom. The molecule has 0 bridgehead atoms. The minimum absolute atomic E-state index is 0.261. The van der Waals surface area contributed by atoms with Crippen LogP contribution in [0.2, 0.25) is 0 Å². The number of nitrogens with zero attached hydrogens (tertiary/aromatic N) is 5. The summed E-state index contributed by atoms with van der Waals surface area (Å²) in [5, 5.41) is 18.1. The molecule has 9 nitrogen and oxygen atoms in total. The molecule has 0 aliphatic carbocycles. The van der Waals surface area contributed by atoms with Crippen LogP contribution in [0.5, 0.6) is 11.5 Å². The second-order valence-electron chi connectivity index (χ2n) is 5.74. The fraction of sp³-hybridized carbons (Fsp3) is 0.118. The summed E-state index contributed by atoms with van der Waals surface area (Å²) in [6.45, 7) is 1.08. The predicted octanol–water partition coefficient (Wildman–Crippen LogP) is 2.87. The van der Waals surface area contributed by atoms with Crippen molar-refractivity contribution >= 4 is 33.7 Å². The maximum absolute atomic E-state index is 12.7. The van der Waals surface area contributed by atoms with Gasteiger partial charge in [0.05, 0.1) is 11.4 Å². The number of fused-ring (bicyclic) bond motifs is 1. The van der Waals surface area contributed by atoms with Crippen molar-refractivity contribution in [1.82, 2.24) is 25.2 Å². The lowest BCUT2D eigenvalue weighted by atomic mass is 10.1. The van der Waals surface area contributed by atoms with Gasteiger partial charge in [-0.05, 0) is 40.1 Å². The van der Waals surface area contributed by atoms with E-state index in [-0.39, 0.29) is 5.91 Å². The lowest BCUT2D eigenvalue weighted by Gasteiger charge is -2.18. The third-order valence-electron chi connectivity index (χ3n) is 4.01. The first-order chi connectivity index (χ1) is 13.8. The molecule has 4 heterocycles. The summed E-state index contributed by atoms with van der Waals surface area (Å²) in [6, 6.07) is 7.47. The van der Waals surface area contributed by atoms with E-state index in [1.807, 2.05) is 29.0 Å². The quantitative estimate of drug-likeness (QED) is 0.550. The molecule has 5 rings (SSSR count). The summed E-state index contributed by atoms with van der Waals surface area (Å²) in [4.78, 5) is 17.7. The molecule has 0 fully saturated rings. The van der Waals surface area contributed by atoms with Gasteiger partial charge in [0.15, 0.2) is 16.6 Å². The van der Waals surface area contributed by atoms with E-state index >= 15 is 0 Å². The van der Waals surface area contributed by atoms with Gasteiger partial charge in [-0.25, -0.2) is 4.98 Å². The fourth-order valence-corrected chi connectivity index (χ4v) is 4.23. The molecular formula is C17H12N6O3S2. The minimum Gasteiger partial charge on any atom is -0.486 e. The van der Waals surface area contributed by atoms with E-state index in [0.29, 0.717) is 34.7 Å². The topological polar surface area (TPSA) is 104 Å². The van der Waals surface area contributed by atoms with Gasteiger partial charge in [-0.15, -0.1) is 27.8 Å². The first-order valence-electron chi connectivity index (χ1n) is 8.26. The Morgan fingerprint density at radius 3 is 2.89 bits per heavy atom. The average Bonchev–Trinajstić information content (AvgIpc) is 3.47. The molecule has 0 atom stereocenters. The van der Waals surface area contributed by atoms with E-state index in [2.05, 4.69) is 25.8 Å². The van der Waals surface area contributed by atoms with Crippen LogP contribution < -0.4 is 14.8 Å². The smallest absolute Gasteiger partial charge is 0.269 e. The highest BCUT2D eigenvalue weighted by Gasteiger charge is 2.18. The summed E-state index contributed by atoms with van der Waals surface area (Å²) in [5.74, 6) is 1.17. The number of carbonyl (C=O) groups excluding carboxylic acids is 1. The Balaban J connectivity index is 1.36. The van der Waals surface area contributed by atoms with Crippen molar-refractivity contribution in [1.29, 1.82) is 0 Å². The Bertz CT molecular complexity index is 1140. The summed E-state index contributed by atoms with van der Waals surface area (Å²) in [7, 11) is 0. The predicted molar refractivity (Wildman–Crippen MR) is 104 cm³/mol. The average molecular weight is 412 g/mol. The molecule has 11 heteroatoms. The molecule has 28 heavy (non-hydrogen) atoms. The van der Waals surface area contributed by atoms with Crippen LogP contribution in [0.1, 0.15) is 9.67 Å². The molecule has 4 aromatic rings. The molecule has 1 N–H and O–H groups in total. The van der Waals surface area contributed by atoms with Crippen molar-refractivity contribution in [3.8, 4) is 28.4 Å². The van der Waals surface area contributed by atoms with Crippen molar-refractivity contribution in [2.45, 2.75) is 0 Å². The zero-order valence-corrected chi connectivity index (χ0v) is 15.9. The number of thiophene rings is 1. The fourth-order valence-electron chi connectivity index (χ4n) is 2.74. The second-order valence-corrected chi connectivity index (χ2v) is 7.51. The number of carbonyl (C=O) groups is 1. The molecule has 0 unspecified atom stereocenters. The van der Waals surface area contributed by atoms with Crippen LogP contribution in [0.25, 0.3) is 16.9 Å². The summed E-state index contributed by atoms with van der Waals surface area (Å²) in [6.07, 6.45) is 1.45. The molecular weight excluding hydrogens is 400 g/mol. The first-order valence-corrected chi connectivity index (χ1v) is 10.0. The second kappa shape index (κ2) is 7.02. The molecule has 1 aromatic carbocycles. The highest BCUT2D eigenvalue weighted by atomic mass is 32.1. The van der Waals surface area contributed by atoms with Crippen molar-refractivity contribution < 1.29 is 14.3 Å². The molecule has 0 saturated carbocycles. The van der Waals surface area contributed by atoms with Crippen molar-refractivity contribution in [2.24, 2.45) is 0 Å². The summed E-state index contributed by atoms with van der Waals surface area (Å²) in [5.41, 5.74) is 2.27. The van der Waals surface area contributed by atoms with Gasteiger partial charge in [0.1, 0.15) is 24.4 Å². The van der Waals surface area contributed by atoms with Gasteiger partial charge in [-0.2, -0.15) is 4.68 Å². The van der Waals surface area contributed by atoms with E-state index in [0.717, 1.165) is 17.0 Å². The number of hydrogen-bond acceptors (Lipinski definition) is 9. The highest BCUT2D eigenvalue weighted by molar-refractivity contribution is 7.15. The number of ether oxygens (including phenoxy) is 2. The van der Waals surface area contributed by atoms with Gasteiger partial charge in [0, 0.05) is 10.9 Å². The summed E-state index contributed by atoms with van der Waals surface area (Å²) >= 11 is 2.66. The number of hydrogen-bond donors (Lipinski definition) is 1. The van der Waals surface area contributed by atoms with Crippen molar-refractivity contribution in [3.05, 3.63) is 46.2 Å². The third-order valence-corrected chi connectivity index (χ3v) is 5.67. The number of benzene rings is 1. The number of anilines is 1. The number of amides is 1. The molecule has 1 aliphatic heterocycles. The van der Waals surface area contributed by atoms with E-state index in [4.69, 9.17) is 9.47 Å². The number of thiazole rings is 1. The maximum Gasteiger partial charge on any atom is 0.269 e. The Labute approximate surface area is 166 Å². The van der Waals surface area contributed by atoms with Crippen LogP contribution in [0.4, 0.5) is 5.13 Å². The molecule has 1 amide bonds. The Morgan fingerprint density at radius 1 is 1.14 bits per heavy atom. The van der Waals surface area contributed by atoms with Gasteiger partial charge in [-0.3, -0.25) is 10.1 Å². The molecule has 0 spiro atoms. The monoisotopic (exact) mass is 412 g/mol. The van der Waals surface area contributed by atoms with Crippen molar-refractivity contribution in [2.75, 3.05) is 18.5 Å². The van der Waals surface area contributed by atoms with Crippen LogP contribution in [0.15, 0.2) is 41.4 Å². The molecule has 1 aliphatic rings. The number of aromatic nitrogens is 5. The van der Waals surface area contributed by atoms with Crippen LogP contribution in [-0.4, -0.2) is 44.3 Å². The number of rotatable bonds is 4. The van der Waals surface area contributed by atoms with E-state index in [1.54, 1.807) is 6.07 Å².